The summed E-state index contributed by atoms with van der Waals surface area (Å²) < 4.78 is 4.68. The molecule has 1 aliphatic rings. The van der Waals surface area contributed by atoms with Gasteiger partial charge in [-0.1, -0.05) is 24.1 Å². The van der Waals surface area contributed by atoms with Gasteiger partial charge in [0, 0.05) is 40.5 Å². The molecule has 3 amide bonds. The number of amides is 3. The molecule has 13 heteroatoms. The number of pyridine rings is 1. The second-order valence-corrected chi connectivity index (χ2v) is 9.85. The molecule has 0 spiro atoms. The molecular formula is C29H31ClN8O4. The number of carbonyl (C=O) groups excluding carboxylic acids is 3. The maximum absolute atomic E-state index is 13.1. The molecule has 0 aliphatic carbocycles. The molecule has 0 saturated carbocycles. The van der Waals surface area contributed by atoms with Gasteiger partial charge in [0.25, 0.3) is 0 Å². The van der Waals surface area contributed by atoms with Crippen LogP contribution in [0.5, 0.6) is 0 Å². The van der Waals surface area contributed by atoms with E-state index >= 15 is 0 Å². The van der Waals surface area contributed by atoms with Gasteiger partial charge in [0.05, 0.1) is 30.2 Å². The van der Waals surface area contributed by atoms with Crippen molar-refractivity contribution in [3.63, 3.8) is 0 Å². The first-order valence-electron chi connectivity index (χ1n) is 13.1. The summed E-state index contributed by atoms with van der Waals surface area (Å²) in [5.74, 6) is 10.7. The summed E-state index contributed by atoms with van der Waals surface area (Å²) in [6, 6.07) is 13.5. The van der Waals surface area contributed by atoms with E-state index in [4.69, 9.17) is 23.3 Å². The minimum absolute atomic E-state index is 0.157. The number of methoxy groups -OCH3 is 1. The summed E-state index contributed by atoms with van der Waals surface area (Å²) in [7, 11) is 1.27. The molecule has 1 atom stereocenters. The van der Waals surface area contributed by atoms with Crippen LogP contribution in [-0.2, 0) is 14.3 Å². The molecule has 2 aromatic carbocycles. The fraction of sp³-hybridized carbons (Fsp3) is 0.207. The Morgan fingerprint density at radius 1 is 1.19 bits per heavy atom. The third kappa shape index (κ3) is 7.83. The smallest absolute Gasteiger partial charge is 0.411 e. The summed E-state index contributed by atoms with van der Waals surface area (Å²) in [4.78, 5) is 42.1. The van der Waals surface area contributed by atoms with Crippen LogP contribution in [0.4, 0.5) is 21.9 Å². The molecule has 1 aromatic heterocycles. The maximum atomic E-state index is 13.1. The number of nitrogens with zero attached hydrogens (tertiary/aromatic N) is 3. The van der Waals surface area contributed by atoms with Gasteiger partial charge in [-0.25, -0.2) is 10.6 Å². The van der Waals surface area contributed by atoms with Crippen molar-refractivity contribution in [1.29, 1.82) is 0 Å². The Balaban J connectivity index is 1.62. The van der Waals surface area contributed by atoms with Crippen LogP contribution >= 0.6 is 11.6 Å². The first kappa shape index (κ1) is 30.0. The van der Waals surface area contributed by atoms with Gasteiger partial charge in [0.2, 0.25) is 11.8 Å². The third-order valence-corrected chi connectivity index (χ3v) is 6.75. The molecule has 0 saturated heterocycles. The highest BCUT2D eigenvalue weighted by atomic mass is 35.5. The van der Waals surface area contributed by atoms with Crippen molar-refractivity contribution in [2.45, 2.75) is 31.7 Å². The van der Waals surface area contributed by atoms with Gasteiger partial charge >= 0.3 is 6.09 Å². The van der Waals surface area contributed by atoms with E-state index in [1.165, 1.54) is 24.5 Å². The number of hydrazone groups is 1. The van der Waals surface area contributed by atoms with Gasteiger partial charge in [-0.05, 0) is 66.9 Å². The normalized spacial score (nSPS) is 15.2. The van der Waals surface area contributed by atoms with Crippen molar-refractivity contribution in [3.8, 4) is 11.1 Å². The second-order valence-electron chi connectivity index (χ2n) is 9.41. The van der Waals surface area contributed by atoms with Crippen LogP contribution in [0.15, 0.2) is 65.9 Å². The zero-order valence-corrected chi connectivity index (χ0v) is 23.6. The third-order valence-electron chi connectivity index (χ3n) is 6.51. The number of hydrogen-bond acceptors (Lipinski definition) is 8. The number of ether oxygens (including phenoxy) is 1. The molecule has 4 rings (SSSR count). The van der Waals surface area contributed by atoms with Crippen molar-refractivity contribution in [2.24, 2.45) is 16.8 Å². The van der Waals surface area contributed by atoms with Crippen LogP contribution in [0.25, 0.3) is 17.2 Å². The summed E-state index contributed by atoms with van der Waals surface area (Å²) in [6.07, 6.45) is 7.39. The second kappa shape index (κ2) is 14.1. The SMILES string of the molecule is COC(=O)Nc1ccc2c(c1)NC(=O)CCCC[C@H](NC(=O)/C=C/c1cc(Cl)ccc1N(N)/C=N\N)c1cc-2ccn1. The zero-order chi connectivity index (χ0) is 30.1. The number of rotatable bonds is 6. The summed E-state index contributed by atoms with van der Waals surface area (Å²) in [5, 5.41) is 13.7. The lowest BCUT2D eigenvalue weighted by molar-refractivity contribution is -0.118. The minimum Gasteiger partial charge on any atom is -0.453 e. The lowest BCUT2D eigenvalue weighted by Crippen LogP contribution is -2.30. The quantitative estimate of drug-likeness (QED) is 0.0912. The molecule has 0 radical (unpaired) electrons. The van der Waals surface area contributed by atoms with Crippen LogP contribution in [0.1, 0.15) is 43.0 Å². The number of nitrogens with two attached hydrogens (primary N) is 2. The van der Waals surface area contributed by atoms with Crippen molar-refractivity contribution in [2.75, 3.05) is 22.8 Å². The number of aromatic nitrogens is 1. The van der Waals surface area contributed by atoms with E-state index in [1.807, 2.05) is 12.1 Å². The largest absolute Gasteiger partial charge is 0.453 e. The van der Waals surface area contributed by atoms with Crippen molar-refractivity contribution in [1.82, 2.24) is 10.3 Å². The predicted octanol–water partition coefficient (Wildman–Crippen LogP) is 4.55. The van der Waals surface area contributed by atoms with E-state index in [2.05, 4.69) is 30.8 Å². The first-order chi connectivity index (χ1) is 20.3. The first-order valence-corrected chi connectivity index (χ1v) is 13.5. The molecule has 7 N–H and O–H groups in total. The van der Waals surface area contributed by atoms with Gasteiger partial charge in [0.1, 0.15) is 6.34 Å². The van der Waals surface area contributed by atoms with Crippen LogP contribution in [0.2, 0.25) is 5.02 Å². The van der Waals surface area contributed by atoms with Crippen molar-refractivity contribution < 1.29 is 19.1 Å². The van der Waals surface area contributed by atoms with E-state index < -0.39 is 12.1 Å². The highest BCUT2D eigenvalue weighted by molar-refractivity contribution is 6.30. The molecular weight excluding hydrogens is 560 g/mol. The molecule has 218 valence electrons. The van der Waals surface area contributed by atoms with Crippen LogP contribution in [0.3, 0.4) is 0 Å². The number of hydrazine groups is 1. The lowest BCUT2D eigenvalue weighted by atomic mass is 9.98. The topological polar surface area (TPSA) is 177 Å². The Kier molecular flexibility index (Phi) is 10.1. The number of benzene rings is 2. The number of fused-ring (bicyclic) bond motifs is 4. The highest BCUT2D eigenvalue weighted by Gasteiger charge is 2.19. The molecule has 12 nitrogen and oxygen atoms in total. The van der Waals surface area contributed by atoms with Gasteiger partial charge in [-0.3, -0.25) is 24.9 Å². The number of halogens is 1. The molecule has 1 aliphatic heterocycles. The van der Waals surface area contributed by atoms with Crippen LogP contribution < -0.4 is 32.6 Å². The van der Waals surface area contributed by atoms with Gasteiger partial charge < -0.3 is 21.2 Å². The minimum atomic E-state index is -0.621. The predicted molar refractivity (Wildman–Crippen MR) is 164 cm³/mol. The Morgan fingerprint density at radius 3 is 2.81 bits per heavy atom. The molecule has 0 fully saturated rings. The zero-order valence-electron chi connectivity index (χ0n) is 22.8. The highest BCUT2D eigenvalue weighted by Crippen LogP contribution is 2.33. The average Bonchev–Trinajstić information content (AvgIpc) is 2.97. The maximum Gasteiger partial charge on any atom is 0.411 e. The monoisotopic (exact) mass is 590 g/mol. The Morgan fingerprint density at radius 2 is 2.02 bits per heavy atom. The fourth-order valence-electron chi connectivity index (χ4n) is 4.51. The summed E-state index contributed by atoms with van der Waals surface area (Å²) >= 11 is 6.17. The van der Waals surface area contributed by atoms with Crippen LogP contribution in [0, 0.1) is 0 Å². The number of hydrogen-bond donors (Lipinski definition) is 5. The molecule has 42 heavy (non-hydrogen) atoms. The summed E-state index contributed by atoms with van der Waals surface area (Å²) in [6.45, 7) is 0. The lowest BCUT2D eigenvalue weighted by Gasteiger charge is -2.20. The van der Waals surface area contributed by atoms with Gasteiger partial charge in [-0.15, -0.1) is 0 Å². The Hall–Kier alpha value is -4.94. The number of carbonyl (C=O) groups is 3. The van der Waals surface area contributed by atoms with E-state index in [9.17, 15) is 14.4 Å². The van der Waals surface area contributed by atoms with Gasteiger partial charge in [0.15, 0.2) is 0 Å². The van der Waals surface area contributed by atoms with E-state index in [0.29, 0.717) is 52.6 Å². The standard InChI is InChI=1S/C29H31ClN8O4/c1-42-29(41)35-21-8-9-22-18-12-13-33-25(15-18)23(4-2-3-5-27(39)37-24(22)16-21)36-28(40)11-6-19-14-20(30)7-10-26(19)38(32)17-34-31/h6-17,23H,2-5,31-32H2,1H3,(H,35,41)(H,36,40)(H,37,39)/b11-6+,34-17-/t23-/m0/s1. The number of anilines is 3. The van der Waals surface area contributed by atoms with Crippen molar-refractivity contribution in [3.05, 3.63) is 77.1 Å². The van der Waals surface area contributed by atoms with E-state index in [-0.39, 0.29) is 18.2 Å². The van der Waals surface area contributed by atoms with E-state index in [0.717, 1.165) is 11.1 Å². The molecule has 3 aromatic rings. The van der Waals surface area contributed by atoms with Crippen molar-refractivity contribution >= 4 is 59.0 Å². The van der Waals surface area contributed by atoms with E-state index in [1.54, 1.807) is 48.7 Å². The fourth-order valence-corrected chi connectivity index (χ4v) is 4.69. The number of nitrogens with one attached hydrogen (secondary N) is 3. The Bertz CT molecular complexity index is 1530. The van der Waals surface area contributed by atoms with Crippen LogP contribution in [-0.4, -0.2) is 36.3 Å². The average molecular weight is 591 g/mol. The van der Waals surface area contributed by atoms with Gasteiger partial charge in [-0.2, -0.15) is 5.10 Å². The molecule has 2 heterocycles. The summed E-state index contributed by atoms with van der Waals surface area (Å²) in [5.41, 5.74) is 4.30. The molecule has 2 bridgehead atoms. The molecule has 0 unspecified atom stereocenters. The Labute approximate surface area is 247 Å².